The van der Waals surface area contributed by atoms with E-state index in [-0.39, 0.29) is 17.4 Å². The fourth-order valence-corrected chi connectivity index (χ4v) is 3.30. The van der Waals surface area contributed by atoms with E-state index in [0.717, 1.165) is 29.7 Å². The Morgan fingerprint density at radius 3 is 2.70 bits per heavy atom. The van der Waals surface area contributed by atoms with Crippen LogP contribution in [0.15, 0.2) is 22.7 Å². The van der Waals surface area contributed by atoms with Crippen molar-refractivity contribution in [3.8, 4) is 0 Å². The molecule has 0 radical (unpaired) electrons. The fraction of sp³-hybridized carbons (Fsp3) is 0.600. The molecule has 0 spiro atoms. The molecule has 1 unspecified atom stereocenters. The van der Waals surface area contributed by atoms with Gasteiger partial charge in [-0.25, -0.2) is 4.39 Å². The van der Waals surface area contributed by atoms with Gasteiger partial charge in [-0.3, -0.25) is 9.80 Å². The lowest BCUT2D eigenvalue weighted by Crippen LogP contribution is -2.58. The lowest BCUT2D eigenvalue weighted by molar-refractivity contribution is 0.0178. The third-order valence-corrected chi connectivity index (χ3v) is 5.05. The second kappa shape index (κ2) is 6.10. The summed E-state index contributed by atoms with van der Waals surface area (Å²) in [5.74, 6) is -0.213. The summed E-state index contributed by atoms with van der Waals surface area (Å²) in [5, 5.41) is 0. The van der Waals surface area contributed by atoms with Crippen LogP contribution in [0, 0.1) is 5.82 Å². The minimum Gasteiger partial charge on any atom is -0.329 e. The summed E-state index contributed by atoms with van der Waals surface area (Å²) in [6, 6.07) is 4.87. The number of hydrogen-bond donors (Lipinski definition) is 1. The highest BCUT2D eigenvalue weighted by Crippen LogP contribution is 2.31. The third-order valence-electron chi connectivity index (χ3n) is 4.33. The Hall–Kier alpha value is -0.490. The van der Waals surface area contributed by atoms with Crippen molar-refractivity contribution in [2.45, 2.75) is 25.4 Å². The van der Waals surface area contributed by atoms with E-state index in [1.165, 1.54) is 6.07 Å². The first-order chi connectivity index (χ1) is 9.35. The van der Waals surface area contributed by atoms with Gasteiger partial charge in [-0.2, -0.15) is 0 Å². The molecule has 0 saturated carbocycles. The highest BCUT2D eigenvalue weighted by Gasteiger charge is 2.34. The molecule has 1 aliphatic rings. The molecule has 3 nitrogen and oxygen atoms in total. The molecule has 0 amide bonds. The minimum atomic E-state index is -0.213. The number of nitrogens with zero attached hydrogens (tertiary/aromatic N) is 2. The molecular formula is C15H23BrFN3. The molecule has 0 bridgehead atoms. The van der Waals surface area contributed by atoms with E-state index in [4.69, 9.17) is 5.73 Å². The van der Waals surface area contributed by atoms with E-state index >= 15 is 0 Å². The summed E-state index contributed by atoms with van der Waals surface area (Å²) in [6.45, 7) is 7.82. The predicted molar refractivity (Wildman–Crippen MR) is 84.2 cm³/mol. The minimum absolute atomic E-state index is 0.0491. The van der Waals surface area contributed by atoms with E-state index in [9.17, 15) is 4.39 Å². The van der Waals surface area contributed by atoms with E-state index in [1.54, 1.807) is 12.1 Å². The highest BCUT2D eigenvalue weighted by molar-refractivity contribution is 9.10. The van der Waals surface area contributed by atoms with Gasteiger partial charge in [0.1, 0.15) is 5.82 Å². The zero-order chi connectivity index (χ0) is 14.9. The predicted octanol–water partition coefficient (Wildman–Crippen LogP) is 2.61. The largest absolute Gasteiger partial charge is 0.329 e. The molecule has 5 heteroatoms. The number of nitrogens with two attached hydrogens (primary N) is 1. The average molecular weight is 344 g/mol. The van der Waals surface area contributed by atoms with Crippen molar-refractivity contribution in [2.75, 3.05) is 33.2 Å². The highest BCUT2D eigenvalue weighted by atomic mass is 79.9. The second-order valence-electron chi connectivity index (χ2n) is 6.12. The molecule has 2 rings (SSSR count). The van der Waals surface area contributed by atoms with E-state index in [2.05, 4.69) is 46.6 Å². The van der Waals surface area contributed by atoms with Gasteiger partial charge in [-0.05, 0) is 44.7 Å². The molecule has 1 saturated heterocycles. The third kappa shape index (κ3) is 3.22. The van der Waals surface area contributed by atoms with Crippen LogP contribution < -0.4 is 5.73 Å². The molecule has 20 heavy (non-hydrogen) atoms. The van der Waals surface area contributed by atoms with Crippen LogP contribution in [0.5, 0.6) is 0 Å². The van der Waals surface area contributed by atoms with Crippen molar-refractivity contribution in [1.29, 1.82) is 0 Å². The van der Waals surface area contributed by atoms with Gasteiger partial charge in [0.25, 0.3) is 0 Å². The van der Waals surface area contributed by atoms with Crippen LogP contribution in [0.2, 0.25) is 0 Å². The maximum Gasteiger partial charge on any atom is 0.123 e. The smallest absolute Gasteiger partial charge is 0.123 e. The molecule has 2 N–H and O–H groups in total. The van der Waals surface area contributed by atoms with Crippen molar-refractivity contribution < 1.29 is 4.39 Å². The first kappa shape index (κ1) is 15.9. The van der Waals surface area contributed by atoms with Crippen LogP contribution in [0.25, 0.3) is 0 Å². The molecule has 1 atom stereocenters. The van der Waals surface area contributed by atoms with Crippen molar-refractivity contribution in [3.05, 3.63) is 34.1 Å². The first-order valence-corrected chi connectivity index (χ1v) is 7.75. The molecule has 1 fully saturated rings. The number of rotatable bonds is 3. The normalized spacial score (nSPS) is 21.9. The van der Waals surface area contributed by atoms with Crippen molar-refractivity contribution in [3.63, 3.8) is 0 Å². The molecule has 1 aliphatic heterocycles. The lowest BCUT2D eigenvalue weighted by Gasteiger charge is -2.48. The van der Waals surface area contributed by atoms with Crippen LogP contribution in [-0.4, -0.2) is 48.6 Å². The molecule has 1 aromatic rings. The fourth-order valence-electron chi connectivity index (χ4n) is 2.79. The van der Waals surface area contributed by atoms with Crippen LogP contribution in [0.3, 0.4) is 0 Å². The summed E-state index contributed by atoms with van der Waals surface area (Å²) in [7, 11) is 2.15. The maximum atomic E-state index is 13.5. The van der Waals surface area contributed by atoms with E-state index < -0.39 is 0 Å². The number of hydrogen-bond acceptors (Lipinski definition) is 3. The molecule has 112 valence electrons. The molecule has 1 heterocycles. The molecule has 0 aliphatic carbocycles. The zero-order valence-corrected chi connectivity index (χ0v) is 14.0. The zero-order valence-electron chi connectivity index (χ0n) is 12.4. The Balaban J connectivity index is 2.26. The molecular weight excluding hydrogens is 321 g/mol. The van der Waals surface area contributed by atoms with E-state index in [0.29, 0.717) is 6.54 Å². The Morgan fingerprint density at radius 2 is 2.10 bits per heavy atom. The number of likely N-dealkylation sites (N-methyl/N-ethyl adjacent to an activating group) is 1. The van der Waals surface area contributed by atoms with Crippen LogP contribution >= 0.6 is 15.9 Å². The van der Waals surface area contributed by atoms with Crippen molar-refractivity contribution in [1.82, 2.24) is 9.80 Å². The van der Waals surface area contributed by atoms with Crippen molar-refractivity contribution >= 4 is 15.9 Å². The summed E-state index contributed by atoms with van der Waals surface area (Å²) >= 11 is 3.52. The van der Waals surface area contributed by atoms with Gasteiger partial charge < -0.3 is 5.73 Å². The number of benzene rings is 1. The maximum absolute atomic E-state index is 13.5. The monoisotopic (exact) mass is 343 g/mol. The summed E-state index contributed by atoms with van der Waals surface area (Å²) < 4.78 is 14.5. The topological polar surface area (TPSA) is 32.5 Å². The van der Waals surface area contributed by atoms with Gasteiger partial charge in [0.05, 0.1) is 0 Å². The Morgan fingerprint density at radius 1 is 1.40 bits per heavy atom. The first-order valence-electron chi connectivity index (χ1n) is 6.95. The van der Waals surface area contributed by atoms with Crippen molar-refractivity contribution in [2.24, 2.45) is 5.73 Å². The Labute approximate surface area is 129 Å². The Kier molecular flexibility index (Phi) is 4.84. The van der Waals surface area contributed by atoms with Crippen LogP contribution in [0.1, 0.15) is 25.5 Å². The van der Waals surface area contributed by atoms with Gasteiger partial charge in [0, 0.05) is 42.2 Å². The van der Waals surface area contributed by atoms with Gasteiger partial charge in [-0.15, -0.1) is 0 Å². The average Bonchev–Trinajstić information content (AvgIpc) is 2.38. The van der Waals surface area contributed by atoms with Gasteiger partial charge in [0.2, 0.25) is 0 Å². The van der Waals surface area contributed by atoms with Gasteiger partial charge in [0.15, 0.2) is 0 Å². The summed E-state index contributed by atoms with van der Waals surface area (Å²) in [5.41, 5.74) is 7.02. The number of halogens is 2. The van der Waals surface area contributed by atoms with Gasteiger partial charge >= 0.3 is 0 Å². The standard InChI is InChI=1S/C15H23BrFN3/c1-15(2)10-20(7-6-19(15)3)14(9-18)12-8-11(17)4-5-13(12)16/h4-5,8,14H,6-7,9-10,18H2,1-3H3. The lowest BCUT2D eigenvalue weighted by atomic mass is 9.96. The number of piperazine rings is 1. The quantitative estimate of drug-likeness (QED) is 0.915. The van der Waals surface area contributed by atoms with Gasteiger partial charge in [-0.1, -0.05) is 15.9 Å². The van der Waals surface area contributed by atoms with E-state index in [1.807, 2.05) is 0 Å². The second-order valence-corrected chi connectivity index (χ2v) is 6.98. The summed E-state index contributed by atoms with van der Waals surface area (Å²) in [6.07, 6.45) is 0. The Bertz CT molecular complexity index is 478. The SMILES string of the molecule is CN1CCN(C(CN)c2cc(F)ccc2Br)CC1(C)C. The van der Waals surface area contributed by atoms with Crippen LogP contribution in [0.4, 0.5) is 4.39 Å². The molecule has 0 aromatic heterocycles. The van der Waals surface area contributed by atoms with Crippen LogP contribution in [-0.2, 0) is 0 Å². The summed E-state index contributed by atoms with van der Waals surface area (Å²) in [4.78, 5) is 4.72. The molecule has 1 aromatic carbocycles.